The molecule has 0 aliphatic rings. The van der Waals surface area contributed by atoms with Gasteiger partial charge in [0.05, 0.1) is 77.6 Å². The van der Waals surface area contributed by atoms with Gasteiger partial charge in [-0.25, -0.2) is 0 Å². The summed E-state index contributed by atoms with van der Waals surface area (Å²) in [5.74, 6) is 0. The first kappa shape index (κ1) is 60.8. The second kappa shape index (κ2) is 30.0. The number of furan rings is 1. The molecule has 0 saturated carbocycles. The van der Waals surface area contributed by atoms with Crippen molar-refractivity contribution < 1.29 is 20.9 Å². The van der Waals surface area contributed by atoms with Gasteiger partial charge >= 0.3 is 0 Å². The first-order chi connectivity index (χ1) is 65.8. The molecular formula is C117H80N4OS. The number of para-hydroxylation sites is 10. The van der Waals surface area contributed by atoms with Gasteiger partial charge in [0.1, 0.15) is 11.2 Å². The maximum absolute atomic E-state index is 9.46. The van der Waals surface area contributed by atoms with E-state index in [1.54, 1.807) is 12.1 Å². The largest absolute Gasteiger partial charge is 0.455 e. The van der Waals surface area contributed by atoms with Gasteiger partial charge in [-0.1, -0.05) is 338 Å². The van der Waals surface area contributed by atoms with E-state index in [1.165, 1.54) is 114 Å². The van der Waals surface area contributed by atoms with Crippen LogP contribution in [0, 0.1) is 20.8 Å². The molecule has 6 heteroatoms. The molecule has 580 valence electrons. The lowest BCUT2D eigenvalue weighted by molar-refractivity contribution is 0.670. The summed E-state index contributed by atoms with van der Waals surface area (Å²) in [6, 6.07) is 119. The minimum Gasteiger partial charge on any atom is -0.455 e. The van der Waals surface area contributed by atoms with Crippen LogP contribution < -0.4 is 0 Å². The van der Waals surface area contributed by atoms with Crippen LogP contribution in [0.4, 0.5) is 0 Å². The molecule has 0 saturated heterocycles. The van der Waals surface area contributed by atoms with Crippen LogP contribution in [0.5, 0.6) is 0 Å². The second-order valence-corrected chi connectivity index (χ2v) is 32.4. The van der Waals surface area contributed by atoms with Crippen LogP contribution >= 0.6 is 11.3 Å². The molecule has 0 radical (unpaired) electrons. The van der Waals surface area contributed by atoms with E-state index in [4.69, 9.17) is 16.8 Å². The molecule has 0 N–H and O–H groups in total. The number of benzene rings is 19. The highest BCUT2D eigenvalue weighted by atomic mass is 32.1. The highest BCUT2D eigenvalue weighted by Crippen LogP contribution is 2.49. The van der Waals surface area contributed by atoms with Crippen molar-refractivity contribution in [3.8, 4) is 89.5 Å². The Morgan fingerprint density at radius 1 is 0.228 bits per heavy atom. The first-order valence-corrected chi connectivity index (χ1v) is 42.1. The standard InChI is InChI=1S/C43H30N2.C37H25NO.C37H25NS/c1-29-26-27-41-37(28-29)34-19-8-11-23-39(34)45(41)38-22-10-7-18-33(38)31-16-5-6-17-32(31)35-21-13-25-42-43(35)36-20-9-12-24-40(36)44(42)30-14-3-2-4-15-30;2*1-24-21-22-35-32(23-24)28-14-5-8-19-34(28)38(35)33-18-7-4-13-27(33)25-11-2-3-12-26(25)30-16-10-17-31-29-15-6-9-20-36(29)39-37(30)31/h2-28H,1H3;2*2-23H,1H3/i2D,3D,4D,9D,12D,13D,14D,15D,20D,21D,24D,25D;;. The van der Waals surface area contributed by atoms with Crippen LogP contribution in [-0.4, -0.2) is 18.3 Å². The lowest BCUT2D eigenvalue weighted by atomic mass is 9.91. The summed E-state index contributed by atoms with van der Waals surface area (Å²) in [6.45, 7) is 6.38. The number of rotatable bonds is 10. The molecule has 0 aliphatic heterocycles. The number of aromatic nitrogens is 4. The van der Waals surface area contributed by atoms with Gasteiger partial charge in [-0.05, 0) is 169 Å². The van der Waals surface area contributed by atoms with Crippen molar-refractivity contribution in [1.29, 1.82) is 0 Å². The Bertz CT molecular complexity index is 8970. The summed E-state index contributed by atoms with van der Waals surface area (Å²) in [5.41, 5.74) is 26.2. The normalized spacial score (nSPS) is 13.1. The Labute approximate surface area is 732 Å². The van der Waals surface area contributed by atoms with Crippen LogP contribution in [0.25, 0.3) is 219 Å². The Balaban J connectivity index is 0.000000117. The smallest absolute Gasteiger partial charge is 0.143 e. The average Bonchev–Trinajstić information content (AvgIpc) is 1.53. The molecule has 0 atom stereocenters. The van der Waals surface area contributed by atoms with Crippen molar-refractivity contribution in [2.75, 3.05) is 0 Å². The van der Waals surface area contributed by atoms with Gasteiger partial charge in [0.2, 0.25) is 0 Å². The third kappa shape index (κ3) is 12.1. The number of aryl methyl sites for hydroxylation is 3. The first-order valence-electron chi connectivity index (χ1n) is 47.3. The van der Waals surface area contributed by atoms with E-state index < -0.39 is 72.2 Å². The third-order valence-electron chi connectivity index (χ3n) is 24.2. The van der Waals surface area contributed by atoms with Crippen LogP contribution in [0.15, 0.2) is 435 Å². The number of hydrogen-bond acceptors (Lipinski definition) is 2. The van der Waals surface area contributed by atoms with E-state index in [2.05, 4.69) is 313 Å². The fraction of sp³-hybridized carbons (Fsp3) is 0.0256. The number of thiophene rings is 1. The van der Waals surface area contributed by atoms with Gasteiger partial charge in [0.25, 0.3) is 0 Å². The maximum Gasteiger partial charge on any atom is 0.143 e. The van der Waals surface area contributed by atoms with Crippen molar-refractivity contribution in [3.63, 3.8) is 0 Å². The number of hydrogen-bond donors (Lipinski definition) is 0. The van der Waals surface area contributed by atoms with Gasteiger partial charge in [0, 0.05) is 108 Å². The van der Waals surface area contributed by atoms with Gasteiger partial charge < -0.3 is 22.7 Å². The van der Waals surface area contributed by atoms with Gasteiger partial charge in [0.15, 0.2) is 0 Å². The summed E-state index contributed by atoms with van der Waals surface area (Å²) >= 11 is 1.89. The fourth-order valence-corrected chi connectivity index (χ4v) is 20.1. The molecule has 25 aromatic rings. The van der Waals surface area contributed by atoms with E-state index in [0.717, 1.165) is 81.9 Å². The predicted octanol–water partition coefficient (Wildman–Crippen LogP) is 32.6. The molecule has 6 aromatic heterocycles. The van der Waals surface area contributed by atoms with E-state index in [1.807, 2.05) is 78.9 Å². The summed E-state index contributed by atoms with van der Waals surface area (Å²) in [4.78, 5) is 0. The number of nitrogens with zero attached hydrogens (tertiary/aromatic N) is 4. The van der Waals surface area contributed by atoms with Crippen LogP contribution in [0.1, 0.15) is 33.1 Å². The van der Waals surface area contributed by atoms with E-state index in [0.29, 0.717) is 11.1 Å². The summed E-state index contributed by atoms with van der Waals surface area (Å²) in [7, 11) is 0. The molecule has 19 aromatic carbocycles. The molecule has 5 nitrogen and oxygen atoms in total. The molecule has 0 amide bonds. The zero-order chi connectivity index (χ0) is 92.2. The van der Waals surface area contributed by atoms with Crippen molar-refractivity contribution in [3.05, 3.63) is 447 Å². The molecule has 0 aliphatic carbocycles. The Morgan fingerprint density at radius 2 is 0.593 bits per heavy atom. The highest BCUT2D eigenvalue weighted by molar-refractivity contribution is 7.26. The van der Waals surface area contributed by atoms with Crippen LogP contribution in [0.2, 0.25) is 0 Å². The molecule has 25 rings (SSSR count). The topological polar surface area (TPSA) is 32.9 Å². The van der Waals surface area contributed by atoms with Crippen LogP contribution in [-0.2, 0) is 0 Å². The summed E-state index contributed by atoms with van der Waals surface area (Å²) in [5, 5.41) is 12.1. The second-order valence-electron chi connectivity index (χ2n) is 31.4. The van der Waals surface area contributed by atoms with Gasteiger partial charge in [-0.2, -0.15) is 0 Å². The van der Waals surface area contributed by atoms with Gasteiger partial charge in [-0.15, -0.1) is 11.3 Å². The SMILES string of the molecule is Cc1ccc2c(c1)c1ccccc1n2-c1ccccc1-c1ccccc1-c1cccc2c1oc1ccccc12.Cc1ccc2c(c1)c1ccccc1n2-c1ccccc1-c1ccccc1-c1cccc2c1sc1ccccc12.[2H]c1c([2H])c([2H])c(-n2c3c([2H])c([2H])c([2H])c([2H])c3c3c(-c4ccccc4-c4ccccc4-n4c5ccccc5c5cc(C)ccc54)c([2H])c([2H])c([2H])c32)c([2H])c1[2H]. The summed E-state index contributed by atoms with van der Waals surface area (Å²) < 4.78 is 124. The molecule has 123 heavy (non-hydrogen) atoms. The third-order valence-corrected chi connectivity index (χ3v) is 25.4. The minimum atomic E-state index is -0.682. The lowest BCUT2D eigenvalue weighted by Crippen LogP contribution is -1.98. The lowest BCUT2D eigenvalue weighted by Gasteiger charge is -2.17. The molecule has 0 spiro atoms. The highest BCUT2D eigenvalue weighted by Gasteiger charge is 2.26. The van der Waals surface area contributed by atoms with Crippen molar-refractivity contribution >= 4 is 141 Å². The van der Waals surface area contributed by atoms with Crippen molar-refractivity contribution in [1.82, 2.24) is 18.3 Å². The molecular weight excluding hydrogens is 1510 g/mol. The van der Waals surface area contributed by atoms with Crippen LogP contribution in [0.3, 0.4) is 0 Å². The molecule has 0 fully saturated rings. The Hall–Kier alpha value is -15.6. The average molecular weight is 1600 g/mol. The predicted molar refractivity (Wildman–Crippen MR) is 524 cm³/mol. The quantitative estimate of drug-likeness (QED) is 0.134. The van der Waals surface area contributed by atoms with Gasteiger partial charge in [-0.3, -0.25) is 0 Å². The Morgan fingerprint density at radius 3 is 1.11 bits per heavy atom. The zero-order valence-electron chi connectivity index (χ0n) is 79.2. The summed E-state index contributed by atoms with van der Waals surface area (Å²) in [6.07, 6.45) is 0. The maximum atomic E-state index is 9.46. The Kier molecular flexibility index (Phi) is 14.8. The molecule has 6 heterocycles. The van der Waals surface area contributed by atoms with Crippen molar-refractivity contribution in [2.24, 2.45) is 0 Å². The molecule has 0 unspecified atom stereocenters. The monoisotopic (exact) mass is 1600 g/mol. The van der Waals surface area contributed by atoms with Crippen molar-refractivity contribution in [2.45, 2.75) is 20.8 Å². The fourth-order valence-electron chi connectivity index (χ4n) is 18.8. The van der Waals surface area contributed by atoms with E-state index in [9.17, 15) is 4.11 Å². The molecule has 0 bridgehead atoms. The zero-order valence-corrected chi connectivity index (χ0v) is 68.0. The minimum absolute atomic E-state index is 0.0204. The van der Waals surface area contributed by atoms with E-state index >= 15 is 0 Å². The van der Waals surface area contributed by atoms with E-state index in [-0.39, 0.29) is 33.4 Å². The number of fused-ring (bicyclic) bond motifs is 18.